The van der Waals surface area contributed by atoms with Crippen molar-refractivity contribution in [2.75, 3.05) is 31.6 Å². The van der Waals surface area contributed by atoms with Crippen LogP contribution in [0.15, 0.2) is 71.6 Å². The fourth-order valence-corrected chi connectivity index (χ4v) is 6.39. The SMILES string of the molecule is CCN(CC)C(=O)c1ccc(Nc2nnc(-c3ccc(C)c(S(=O)(=O)NC[C@H]4CCCO4)c3)c3ccccc23)cc1. The molecule has 1 amide bonds. The van der Waals surface area contributed by atoms with Crippen LogP contribution in [0.2, 0.25) is 0 Å². The third-order valence-electron chi connectivity index (χ3n) is 7.41. The van der Waals surface area contributed by atoms with Gasteiger partial charge in [0.25, 0.3) is 5.91 Å². The number of sulfonamides is 1. The summed E-state index contributed by atoms with van der Waals surface area (Å²) in [7, 11) is -3.75. The first-order valence-electron chi connectivity index (χ1n) is 13.9. The van der Waals surface area contributed by atoms with Gasteiger partial charge in [-0.25, -0.2) is 13.1 Å². The van der Waals surface area contributed by atoms with Crippen molar-refractivity contribution < 1.29 is 17.9 Å². The molecule has 0 aliphatic carbocycles. The fourth-order valence-electron chi connectivity index (χ4n) is 5.06. The number of ether oxygens (including phenoxy) is 1. The predicted octanol–water partition coefficient (Wildman–Crippen LogP) is 5.29. The highest BCUT2D eigenvalue weighted by Gasteiger charge is 2.23. The maximum atomic E-state index is 13.2. The second-order valence-corrected chi connectivity index (χ2v) is 11.8. The molecule has 1 atom stereocenters. The summed E-state index contributed by atoms with van der Waals surface area (Å²) in [6, 6.07) is 20.3. The van der Waals surface area contributed by atoms with Crippen LogP contribution in [-0.2, 0) is 14.8 Å². The van der Waals surface area contributed by atoms with E-state index in [0.29, 0.717) is 47.9 Å². The van der Waals surface area contributed by atoms with Gasteiger partial charge in [0, 0.05) is 53.8 Å². The number of benzene rings is 3. The van der Waals surface area contributed by atoms with Gasteiger partial charge >= 0.3 is 0 Å². The molecule has 5 rings (SSSR count). The number of aryl methyl sites for hydroxylation is 1. The first-order chi connectivity index (χ1) is 19.8. The summed E-state index contributed by atoms with van der Waals surface area (Å²) in [4.78, 5) is 14.7. The summed E-state index contributed by atoms with van der Waals surface area (Å²) in [6.45, 7) is 7.93. The van der Waals surface area contributed by atoms with Gasteiger partial charge in [-0.15, -0.1) is 10.2 Å². The molecule has 3 aromatic carbocycles. The Labute approximate surface area is 241 Å². The van der Waals surface area contributed by atoms with E-state index in [0.717, 1.165) is 29.3 Å². The third-order valence-corrected chi connectivity index (χ3v) is 8.97. The van der Waals surface area contributed by atoms with E-state index in [9.17, 15) is 13.2 Å². The molecule has 10 heteroatoms. The molecule has 9 nitrogen and oxygen atoms in total. The highest BCUT2D eigenvalue weighted by molar-refractivity contribution is 7.89. The average molecular weight is 574 g/mol. The van der Waals surface area contributed by atoms with Crippen LogP contribution in [0.1, 0.15) is 42.6 Å². The van der Waals surface area contributed by atoms with Crippen molar-refractivity contribution in [2.45, 2.75) is 44.6 Å². The van der Waals surface area contributed by atoms with Crippen molar-refractivity contribution in [3.63, 3.8) is 0 Å². The molecule has 1 fully saturated rings. The van der Waals surface area contributed by atoms with Gasteiger partial charge in [0.05, 0.1) is 11.0 Å². The van der Waals surface area contributed by atoms with E-state index in [-0.39, 0.29) is 23.5 Å². The Morgan fingerprint density at radius 3 is 2.41 bits per heavy atom. The number of carbonyl (C=O) groups excluding carboxylic acids is 1. The van der Waals surface area contributed by atoms with Crippen molar-refractivity contribution in [3.8, 4) is 11.3 Å². The Bertz CT molecular complexity index is 1650. The predicted molar refractivity (Wildman–Crippen MR) is 161 cm³/mol. The lowest BCUT2D eigenvalue weighted by atomic mass is 10.0. The Kier molecular flexibility index (Phi) is 8.63. The topological polar surface area (TPSA) is 114 Å². The average Bonchev–Trinajstić information content (AvgIpc) is 3.52. The summed E-state index contributed by atoms with van der Waals surface area (Å²) in [5.41, 5.74) is 3.28. The molecule has 214 valence electrons. The van der Waals surface area contributed by atoms with E-state index >= 15 is 0 Å². The number of fused-ring (bicyclic) bond motifs is 1. The molecule has 1 aromatic heterocycles. The zero-order chi connectivity index (χ0) is 29.0. The molecule has 0 saturated carbocycles. The Hall–Kier alpha value is -3.86. The molecular weight excluding hydrogens is 538 g/mol. The fraction of sp³-hybridized carbons (Fsp3) is 0.323. The van der Waals surface area contributed by atoms with Gasteiger partial charge in [-0.1, -0.05) is 36.4 Å². The van der Waals surface area contributed by atoms with Crippen molar-refractivity contribution in [2.24, 2.45) is 0 Å². The normalized spacial score (nSPS) is 15.2. The molecule has 2 heterocycles. The van der Waals surface area contributed by atoms with Crippen molar-refractivity contribution in [3.05, 3.63) is 77.9 Å². The van der Waals surface area contributed by atoms with Gasteiger partial charge in [-0.2, -0.15) is 0 Å². The quantitative estimate of drug-likeness (QED) is 0.265. The minimum absolute atomic E-state index is 0.00213. The van der Waals surface area contributed by atoms with E-state index in [2.05, 4.69) is 20.2 Å². The lowest BCUT2D eigenvalue weighted by molar-refractivity contribution is 0.0773. The number of amides is 1. The molecular formula is C31H35N5O4S. The molecule has 2 N–H and O–H groups in total. The van der Waals surface area contributed by atoms with Gasteiger partial charge in [0.1, 0.15) is 5.69 Å². The molecule has 0 spiro atoms. The van der Waals surface area contributed by atoms with Crippen LogP contribution in [0.25, 0.3) is 22.0 Å². The molecule has 0 bridgehead atoms. The standard InChI is InChI=1S/C31H35N5O4S/c1-4-36(5-2)31(37)22-14-16-24(17-15-22)33-30-27-11-7-6-10-26(27)29(34-35-30)23-13-12-21(3)28(19-23)41(38,39)32-20-25-9-8-18-40-25/h6-7,10-17,19,25,32H,4-5,8-9,18,20H2,1-3H3,(H,33,35)/t25-/m1/s1. The van der Waals surface area contributed by atoms with Crippen molar-refractivity contribution >= 4 is 38.2 Å². The number of nitrogens with zero attached hydrogens (tertiary/aromatic N) is 3. The molecule has 0 radical (unpaired) electrons. The van der Waals surface area contributed by atoms with Crippen LogP contribution in [-0.4, -0.2) is 61.8 Å². The first kappa shape index (κ1) is 28.7. The minimum Gasteiger partial charge on any atom is -0.377 e. The lowest BCUT2D eigenvalue weighted by Crippen LogP contribution is -2.32. The maximum Gasteiger partial charge on any atom is 0.253 e. The zero-order valence-corrected chi connectivity index (χ0v) is 24.4. The molecule has 0 unspecified atom stereocenters. The number of anilines is 2. The van der Waals surface area contributed by atoms with Gasteiger partial charge in [-0.05, 0) is 69.5 Å². The van der Waals surface area contributed by atoms with Gasteiger partial charge in [0.15, 0.2) is 5.82 Å². The molecule has 1 aliphatic heterocycles. The number of aromatic nitrogens is 2. The van der Waals surface area contributed by atoms with Crippen LogP contribution < -0.4 is 10.0 Å². The number of nitrogens with one attached hydrogen (secondary N) is 2. The van der Waals surface area contributed by atoms with Crippen LogP contribution >= 0.6 is 0 Å². The highest BCUT2D eigenvalue weighted by atomic mass is 32.2. The van der Waals surface area contributed by atoms with Gasteiger partial charge in [0.2, 0.25) is 10.0 Å². The monoisotopic (exact) mass is 573 g/mol. The van der Waals surface area contributed by atoms with E-state index in [1.165, 1.54) is 0 Å². The first-order valence-corrected chi connectivity index (χ1v) is 15.4. The smallest absolute Gasteiger partial charge is 0.253 e. The summed E-state index contributed by atoms with van der Waals surface area (Å²) >= 11 is 0. The third kappa shape index (κ3) is 6.24. The summed E-state index contributed by atoms with van der Waals surface area (Å²) < 4.78 is 34.7. The molecule has 4 aromatic rings. The lowest BCUT2D eigenvalue weighted by Gasteiger charge is -2.18. The largest absolute Gasteiger partial charge is 0.377 e. The zero-order valence-electron chi connectivity index (χ0n) is 23.6. The van der Waals surface area contributed by atoms with Crippen molar-refractivity contribution in [1.82, 2.24) is 19.8 Å². The Balaban J connectivity index is 1.43. The summed E-state index contributed by atoms with van der Waals surface area (Å²) in [5, 5.41) is 14.0. The van der Waals surface area contributed by atoms with Gasteiger partial charge in [-0.3, -0.25) is 4.79 Å². The molecule has 1 aliphatic rings. The number of hydrogen-bond donors (Lipinski definition) is 2. The van der Waals surface area contributed by atoms with E-state index < -0.39 is 10.0 Å². The molecule has 41 heavy (non-hydrogen) atoms. The second-order valence-electron chi connectivity index (χ2n) is 10.1. The van der Waals surface area contributed by atoms with Crippen LogP contribution in [0, 0.1) is 6.92 Å². The van der Waals surface area contributed by atoms with Crippen LogP contribution in [0.5, 0.6) is 0 Å². The minimum atomic E-state index is -3.75. The van der Waals surface area contributed by atoms with Crippen molar-refractivity contribution in [1.29, 1.82) is 0 Å². The number of hydrogen-bond acceptors (Lipinski definition) is 7. The van der Waals surface area contributed by atoms with Crippen LogP contribution in [0.4, 0.5) is 11.5 Å². The van der Waals surface area contributed by atoms with Gasteiger partial charge < -0.3 is 15.0 Å². The van der Waals surface area contributed by atoms with Crippen LogP contribution in [0.3, 0.4) is 0 Å². The Morgan fingerprint density at radius 2 is 1.73 bits per heavy atom. The highest BCUT2D eigenvalue weighted by Crippen LogP contribution is 2.33. The van der Waals surface area contributed by atoms with E-state index in [4.69, 9.17) is 4.74 Å². The summed E-state index contributed by atoms with van der Waals surface area (Å²) in [6.07, 6.45) is 1.70. The Morgan fingerprint density at radius 1 is 1.00 bits per heavy atom. The number of rotatable bonds is 10. The number of carbonyl (C=O) groups is 1. The van der Waals surface area contributed by atoms with E-state index in [1.807, 2.05) is 56.3 Å². The molecule has 1 saturated heterocycles. The second kappa shape index (κ2) is 12.3. The van der Waals surface area contributed by atoms with E-state index in [1.54, 1.807) is 36.1 Å². The maximum absolute atomic E-state index is 13.2. The summed E-state index contributed by atoms with van der Waals surface area (Å²) in [5.74, 6) is 0.558.